The molecule has 0 N–H and O–H groups in total. The highest BCUT2D eigenvalue weighted by Gasteiger charge is 2.38. The molecule has 0 atom stereocenters. The molecule has 0 fully saturated rings. The van der Waals surface area contributed by atoms with E-state index in [-0.39, 0.29) is 10.8 Å². The third kappa shape index (κ3) is 6.86. The molecule has 0 amide bonds. The predicted octanol–water partition coefficient (Wildman–Crippen LogP) is 19.5. The number of hydrogen-bond donors (Lipinski definition) is 0. The van der Waals surface area contributed by atoms with Crippen LogP contribution in [-0.4, -0.2) is 4.57 Å². The Morgan fingerprint density at radius 2 is 0.635 bits per heavy atom. The van der Waals surface area contributed by atoms with Gasteiger partial charge in [-0.1, -0.05) is 216 Å². The van der Waals surface area contributed by atoms with Crippen LogP contribution in [0.1, 0.15) is 49.9 Å². The Morgan fingerprint density at radius 1 is 0.270 bits per heavy atom. The summed E-state index contributed by atoms with van der Waals surface area (Å²) in [5, 5.41) is 2.48. The first-order valence-electron chi connectivity index (χ1n) is 26.0. The van der Waals surface area contributed by atoms with Gasteiger partial charge in [-0.25, -0.2) is 0 Å². The van der Waals surface area contributed by atoms with E-state index < -0.39 is 0 Å². The molecule has 74 heavy (non-hydrogen) atoms. The van der Waals surface area contributed by atoms with E-state index in [1.54, 1.807) is 0 Å². The molecule has 2 aliphatic carbocycles. The fourth-order valence-corrected chi connectivity index (χ4v) is 12.6. The lowest BCUT2D eigenvalue weighted by Gasteiger charge is -2.30. The van der Waals surface area contributed by atoms with Crippen molar-refractivity contribution in [1.29, 1.82) is 0 Å². The Hall–Kier alpha value is -8.98. The SMILES string of the molecule is CC1(C)c2ccccc2-c2ccc(N(c3ccc(-c4ccc(-c5ccccc5-n5c6ccc(-c7ccccc7)cc6c6cc(-c7ccccc7)ccc65)cc4)cc3)c3ccc4c(c3)C(C)(C)c3ccccc3-4)cc21. The van der Waals surface area contributed by atoms with Gasteiger partial charge in [0.1, 0.15) is 0 Å². The third-order valence-corrected chi connectivity index (χ3v) is 16.4. The molecule has 1 aromatic heterocycles. The minimum atomic E-state index is -0.117. The molecule has 12 aromatic rings. The van der Waals surface area contributed by atoms with Gasteiger partial charge in [-0.15, -0.1) is 0 Å². The van der Waals surface area contributed by atoms with Crippen molar-refractivity contribution in [3.8, 4) is 72.4 Å². The van der Waals surface area contributed by atoms with Gasteiger partial charge in [-0.2, -0.15) is 0 Å². The number of fused-ring (bicyclic) bond motifs is 9. The van der Waals surface area contributed by atoms with Crippen molar-refractivity contribution in [3.63, 3.8) is 0 Å². The van der Waals surface area contributed by atoms with Crippen LogP contribution in [0.3, 0.4) is 0 Å². The first-order valence-corrected chi connectivity index (χ1v) is 26.0. The molecule has 0 aliphatic heterocycles. The van der Waals surface area contributed by atoms with Gasteiger partial charge in [-0.05, 0) is 150 Å². The van der Waals surface area contributed by atoms with E-state index in [2.05, 4.69) is 292 Å². The maximum atomic E-state index is 2.46. The molecule has 0 spiro atoms. The zero-order chi connectivity index (χ0) is 49.7. The largest absolute Gasteiger partial charge is 0.310 e. The van der Waals surface area contributed by atoms with Crippen molar-refractivity contribution in [2.45, 2.75) is 38.5 Å². The molecule has 11 aromatic carbocycles. The molecular formula is C72H54N2. The maximum absolute atomic E-state index is 2.46. The highest BCUT2D eigenvalue weighted by molar-refractivity contribution is 6.12. The summed E-state index contributed by atoms with van der Waals surface area (Å²) in [4.78, 5) is 2.46. The van der Waals surface area contributed by atoms with Crippen LogP contribution < -0.4 is 4.90 Å². The minimum absolute atomic E-state index is 0.117. The molecule has 14 rings (SSSR count). The summed E-state index contributed by atoms with van der Waals surface area (Å²) in [7, 11) is 0. The fourth-order valence-electron chi connectivity index (χ4n) is 12.6. The zero-order valence-electron chi connectivity index (χ0n) is 42.1. The van der Waals surface area contributed by atoms with E-state index in [0.717, 1.165) is 22.7 Å². The Bertz CT molecular complexity index is 3950. The number of benzene rings is 11. The molecule has 2 heteroatoms. The van der Waals surface area contributed by atoms with Crippen molar-refractivity contribution >= 4 is 38.9 Å². The van der Waals surface area contributed by atoms with E-state index in [9.17, 15) is 0 Å². The normalized spacial score (nSPS) is 13.6. The van der Waals surface area contributed by atoms with Crippen molar-refractivity contribution in [2.24, 2.45) is 0 Å². The van der Waals surface area contributed by atoms with Crippen LogP contribution in [0, 0.1) is 0 Å². The Kier molecular flexibility index (Phi) is 9.94. The van der Waals surface area contributed by atoms with Crippen molar-refractivity contribution in [1.82, 2.24) is 4.57 Å². The van der Waals surface area contributed by atoms with Crippen molar-refractivity contribution < 1.29 is 0 Å². The Labute approximate surface area is 434 Å². The summed E-state index contributed by atoms with van der Waals surface area (Å²) >= 11 is 0. The van der Waals surface area contributed by atoms with Crippen LogP contribution in [-0.2, 0) is 10.8 Å². The van der Waals surface area contributed by atoms with E-state index in [1.807, 2.05) is 0 Å². The number of nitrogens with zero attached hydrogens (tertiary/aromatic N) is 2. The topological polar surface area (TPSA) is 8.17 Å². The molecule has 1 heterocycles. The highest BCUT2D eigenvalue weighted by Crippen LogP contribution is 2.53. The molecule has 2 aliphatic rings. The van der Waals surface area contributed by atoms with Crippen LogP contribution in [0.5, 0.6) is 0 Å². The minimum Gasteiger partial charge on any atom is -0.310 e. The molecule has 2 nitrogen and oxygen atoms in total. The highest BCUT2D eigenvalue weighted by atomic mass is 15.1. The number of aromatic nitrogens is 1. The average molecular weight is 947 g/mol. The molecular weight excluding hydrogens is 893 g/mol. The summed E-state index contributed by atoms with van der Waals surface area (Å²) in [6.45, 7) is 9.47. The quantitative estimate of drug-likeness (QED) is 0.147. The molecule has 0 unspecified atom stereocenters. The monoisotopic (exact) mass is 946 g/mol. The third-order valence-electron chi connectivity index (χ3n) is 16.4. The van der Waals surface area contributed by atoms with E-state index >= 15 is 0 Å². The molecule has 352 valence electrons. The zero-order valence-corrected chi connectivity index (χ0v) is 42.1. The Balaban J connectivity index is 0.836. The number of rotatable bonds is 8. The van der Waals surface area contributed by atoms with Gasteiger partial charge < -0.3 is 9.47 Å². The van der Waals surface area contributed by atoms with Crippen LogP contribution >= 0.6 is 0 Å². The number of anilines is 3. The second kappa shape index (κ2) is 16.8. The van der Waals surface area contributed by atoms with Crippen LogP contribution in [0.4, 0.5) is 17.1 Å². The van der Waals surface area contributed by atoms with E-state index in [0.29, 0.717) is 0 Å². The standard InChI is InChI=1S/C72H54N2/c1-71(2)64-24-14-11-22-58(64)60-39-37-55(45-66(60)71)73(56-38-40-61-59-23-12-15-25-65(59)72(3,4)67(61)46-56)54-35-31-50(32-36-54)49-27-29-51(30-28-49)57-21-13-16-26-68(57)74-69-41-33-52(47-17-7-5-8-18-47)43-62(69)63-44-53(34-42-70(63)74)48-19-9-6-10-20-48/h5-46H,1-4H3. The smallest absolute Gasteiger partial charge is 0.0541 e. The van der Waals surface area contributed by atoms with Gasteiger partial charge >= 0.3 is 0 Å². The van der Waals surface area contributed by atoms with Crippen LogP contribution in [0.2, 0.25) is 0 Å². The Morgan fingerprint density at radius 3 is 1.14 bits per heavy atom. The van der Waals surface area contributed by atoms with Gasteiger partial charge in [0.05, 0.1) is 16.7 Å². The van der Waals surface area contributed by atoms with Gasteiger partial charge in [0, 0.05) is 44.2 Å². The second-order valence-electron chi connectivity index (χ2n) is 21.3. The lowest BCUT2D eigenvalue weighted by molar-refractivity contribution is 0.660. The van der Waals surface area contributed by atoms with E-state index in [4.69, 9.17) is 0 Å². The summed E-state index contributed by atoms with van der Waals surface area (Å²) in [5.74, 6) is 0. The predicted molar refractivity (Wildman–Crippen MR) is 312 cm³/mol. The number of para-hydroxylation sites is 1. The van der Waals surface area contributed by atoms with Crippen molar-refractivity contribution in [3.05, 3.63) is 277 Å². The van der Waals surface area contributed by atoms with Gasteiger partial charge in [0.15, 0.2) is 0 Å². The second-order valence-corrected chi connectivity index (χ2v) is 21.3. The number of hydrogen-bond acceptors (Lipinski definition) is 1. The first-order chi connectivity index (χ1) is 36.2. The van der Waals surface area contributed by atoms with Gasteiger partial charge in [0.25, 0.3) is 0 Å². The summed E-state index contributed by atoms with van der Waals surface area (Å²) in [6, 6.07) is 94.5. The molecule has 0 bridgehead atoms. The fraction of sp³-hybridized carbons (Fsp3) is 0.0833. The molecule has 0 saturated carbocycles. The lowest BCUT2D eigenvalue weighted by Crippen LogP contribution is -2.18. The summed E-state index contributed by atoms with van der Waals surface area (Å²) in [6.07, 6.45) is 0. The maximum Gasteiger partial charge on any atom is 0.0541 e. The van der Waals surface area contributed by atoms with E-state index in [1.165, 1.54) is 111 Å². The molecule has 0 saturated heterocycles. The van der Waals surface area contributed by atoms with Crippen LogP contribution in [0.25, 0.3) is 94.3 Å². The molecule has 0 radical (unpaired) electrons. The lowest BCUT2D eigenvalue weighted by atomic mass is 9.82. The average Bonchev–Trinajstić information content (AvgIpc) is 3.99. The van der Waals surface area contributed by atoms with Crippen molar-refractivity contribution in [2.75, 3.05) is 4.90 Å². The van der Waals surface area contributed by atoms with Gasteiger partial charge in [0.2, 0.25) is 0 Å². The summed E-state index contributed by atoms with van der Waals surface area (Å²) < 4.78 is 2.46. The first kappa shape index (κ1) is 43.8. The summed E-state index contributed by atoms with van der Waals surface area (Å²) in [5.41, 5.74) is 27.1. The van der Waals surface area contributed by atoms with Crippen LogP contribution in [0.15, 0.2) is 255 Å². The van der Waals surface area contributed by atoms with Gasteiger partial charge in [-0.3, -0.25) is 0 Å².